The molecule has 0 radical (unpaired) electrons. The number of hydrogen-bond acceptors (Lipinski definition) is 3. The van der Waals surface area contributed by atoms with E-state index in [1.807, 2.05) is 0 Å². The van der Waals surface area contributed by atoms with E-state index in [4.69, 9.17) is 4.74 Å². The van der Waals surface area contributed by atoms with Crippen LogP contribution in [0.1, 0.15) is 35.4 Å². The number of hydrogen-bond donors (Lipinski definition) is 0. The van der Waals surface area contributed by atoms with E-state index in [0.29, 0.717) is 35.6 Å². The minimum Gasteiger partial charge on any atom is -0.368 e. The van der Waals surface area contributed by atoms with Gasteiger partial charge in [0.05, 0.1) is 17.2 Å². The SMILES string of the molecule is CN(C(=O)N(C)[C@@H]1CN(C(=O)[C@@H]2CCCO2)C[C@H]1c1ccc(F)cc1)c1cc(C(F)(F)F)cc(C(F)(F)F)c1. The van der Waals surface area contributed by atoms with Crippen LogP contribution >= 0.6 is 0 Å². The zero-order valence-electron chi connectivity index (χ0n) is 21.0. The molecule has 3 atom stereocenters. The Kier molecular flexibility index (Phi) is 7.84. The summed E-state index contributed by atoms with van der Waals surface area (Å²) < 4.78 is 99.2. The summed E-state index contributed by atoms with van der Waals surface area (Å²) in [5, 5.41) is 0. The molecule has 39 heavy (non-hydrogen) atoms. The number of halogens is 7. The molecule has 0 aromatic heterocycles. The molecule has 2 aromatic carbocycles. The van der Waals surface area contributed by atoms with Crippen LogP contribution in [-0.4, -0.2) is 67.7 Å². The maximum Gasteiger partial charge on any atom is 0.416 e. The van der Waals surface area contributed by atoms with E-state index in [1.165, 1.54) is 41.1 Å². The van der Waals surface area contributed by atoms with Gasteiger partial charge in [-0.25, -0.2) is 9.18 Å². The minimum atomic E-state index is -5.08. The number of carbonyl (C=O) groups excluding carboxylic acids is 2. The number of likely N-dealkylation sites (N-methyl/N-ethyl adjacent to an activating group) is 1. The smallest absolute Gasteiger partial charge is 0.368 e. The highest BCUT2D eigenvalue weighted by atomic mass is 19.4. The molecule has 6 nitrogen and oxygen atoms in total. The molecule has 3 amide bonds. The van der Waals surface area contributed by atoms with Gasteiger partial charge in [0.15, 0.2) is 0 Å². The molecule has 2 heterocycles. The topological polar surface area (TPSA) is 53.1 Å². The van der Waals surface area contributed by atoms with E-state index in [-0.39, 0.29) is 25.1 Å². The number of alkyl halides is 6. The Hall–Kier alpha value is -3.35. The highest BCUT2D eigenvalue weighted by molar-refractivity contribution is 5.92. The summed E-state index contributed by atoms with van der Waals surface area (Å²) in [5.41, 5.74) is -3.08. The van der Waals surface area contributed by atoms with Crippen molar-refractivity contribution in [3.05, 3.63) is 65.0 Å². The van der Waals surface area contributed by atoms with Crippen molar-refractivity contribution in [3.63, 3.8) is 0 Å². The van der Waals surface area contributed by atoms with Crippen molar-refractivity contribution in [1.29, 1.82) is 0 Å². The molecule has 0 saturated carbocycles. The highest BCUT2D eigenvalue weighted by Gasteiger charge is 2.43. The van der Waals surface area contributed by atoms with Crippen LogP contribution in [0.5, 0.6) is 0 Å². The van der Waals surface area contributed by atoms with Gasteiger partial charge in [-0.1, -0.05) is 12.1 Å². The van der Waals surface area contributed by atoms with E-state index in [1.54, 1.807) is 0 Å². The van der Waals surface area contributed by atoms with Crippen LogP contribution in [0.15, 0.2) is 42.5 Å². The van der Waals surface area contributed by atoms with Crippen molar-refractivity contribution in [2.24, 2.45) is 0 Å². The molecule has 0 aliphatic carbocycles. The molecule has 2 aromatic rings. The van der Waals surface area contributed by atoms with Crippen molar-refractivity contribution in [3.8, 4) is 0 Å². The standard InChI is InChI=1S/C26H26F7N3O3/c1-34(19-11-16(25(28,29)30)10-17(12-19)26(31,32)33)24(38)35(2)21-14-36(23(37)22-4-3-9-39-22)13-20(21)15-5-7-18(27)8-6-15/h5-8,10-12,20-22H,3-4,9,13-14H2,1-2H3/t20-,21+,22-/m0/s1. The summed E-state index contributed by atoms with van der Waals surface area (Å²) in [6.45, 7) is 0.653. The second kappa shape index (κ2) is 10.7. The van der Waals surface area contributed by atoms with Crippen LogP contribution in [-0.2, 0) is 21.9 Å². The van der Waals surface area contributed by atoms with E-state index in [2.05, 4.69) is 0 Å². The zero-order chi connectivity index (χ0) is 28.7. The fraction of sp³-hybridized carbons (Fsp3) is 0.462. The van der Waals surface area contributed by atoms with Crippen molar-refractivity contribution in [2.45, 2.75) is 43.3 Å². The van der Waals surface area contributed by atoms with Gasteiger partial charge in [0.25, 0.3) is 5.91 Å². The first-order valence-electron chi connectivity index (χ1n) is 12.1. The van der Waals surface area contributed by atoms with Gasteiger partial charge in [0.1, 0.15) is 11.9 Å². The molecule has 0 bridgehead atoms. The Labute approximate surface area is 219 Å². The number of carbonyl (C=O) groups is 2. The fourth-order valence-electron chi connectivity index (χ4n) is 4.99. The normalized spacial score (nSPS) is 21.8. The third-order valence-electron chi connectivity index (χ3n) is 7.15. The summed E-state index contributed by atoms with van der Waals surface area (Å²) in [5.74, 6) is -1.26. The Bertz CT molecular complexity index is 1180. The first kappa shape index (κ1) is 28.7. The number of anilines is 1. The average molecular weight is 561 g/mol. The van der Waals surface area contributed by atoms with Gasteiger partial charge < -0.3 is 14.5 Å². The van der Waals surface area contributed by atoms with E-state index < -0.39 is 59.1 Å². The molecule has 0 unspecified atom stereocenters. The van der Waals surface area contributed by atoms with Gasteiger partial charge in [-0.05, 0) is 48.7 Å². The van der Waals surface area contributed by atoms with Crippen LogP contribution in [0.4, 0.5) is 41.2 Å². The second-order valence-corrected chi connectivity index (χ2v) is 9.69. The summed E-state index contributed by atoms with van der Waals surface area (Å²) in [6, 6.07) is 4.82. The van der Waals surface area contributed by atoms with Gasteiger partial charge in [-0.3, -0.25) is 9.69 Å². The Morgan fingerprint density at radius 1 is 0.923 bits per heavy atom. The number of benzene rings is 2. The van der Waals surface area contributed by atoms with Crippen molar-refractivity contribution < 1.29 is 45.1 Å². The lowest BCUT2D eigenvalue weighted by atomic mass is 9.93. The van der Waals surface area contributed by atoms with Crippen LogP contribution in [0, 0.1) is 5.82 Å². The lowest BCUT2D eigenvalue weighted by Gasteiger charge is -2.33. The average Bonchev–Trinajstić information content (AvgIpc) is 3.57. The maximum absolute atomic E-state index is 13.6. The van der Waals surface area contributed by atoms with E-state index in [0.717, 1.165) is 13.5 Å². The minimum absolute atomic E-state index is 0.0123. The third-order valence-corrected chi connectivity index (χ3v) is 7.15. The number of urea groups is 1. The zero-order valence-corrected chi connectivity index (χ0v) is 21.0. The van der Waals surface area contributed by atoms with Crippen LogP contribution in [0.2, 0.25) is 0 Å². The lowest BCUT2D eigenvalue weighted by molar-refractivity contribution is -0.143. The highest BCUT2D eigenvalue weighted by Crippen LogP contribution is 2.39. The Morgan fingerprint density at radius 3 is 2.03 bits per heavy atom. The largest absolute Gasteiger partial charge is 0.416 e. The Balaban J connectivity index is 1.64. The third kappa shape index (κ3) is 6.13. The summed E-state index contributed by atoms with van der Waals surface area (Å²) in [4.78, 5) is 29.9. The molecular formula is C26H26F7N3O3. The number of nitrogens with zero attached hydrogens (tertiary/aromatic N) is 3. The molecule has 2 saturated heterocycles. The summed E-state index contributed by atoms with van der Waals surface area (Å²) in [7, 11) is 2.43. The lowest BCUT2D eigenvalue weighted by Crippen LogP contribution is -2.48. The van der Waals surface area contributed by atoms with Crippen LogP contribution in [0.3, 0.4) is 0 Å². The van der Waals surface area contributed by atoms with Crippen molar-refractivity contribution in [2.75, 3.05) is 38.7 Å². The molecule has 212 valence electrons. The van der Waals surface area contributed by atoms with Gasteiger partial charge >= 0.3 is 18.4 Å². The van der Waals surface area contributed by atoms with Crippen LogP contribution in [0.25, 0.3) is 0 Å². The fourth-order valence-corrected chi connectivity index (χ4v) is 4.99. The molecule has 4 rings (SSSR count). The number of likely N-dealkylation sites (tertiary alicyclic amines) is 1. The second-order valence-electron chi connectivity index (χ2n) is 9.69. The monoisotopic (exact) mass is 561 g/mol. The Morgan fingerprint density at radius 2 is 1.51 bits per heavy atom. The number of ether oxygens (including phenoxy) is 1. The van der Waals surface area contributed by atoms with Crippen molar-refractivity contribution >= 4 is 17.6 Å². The molecule has 0 spiro atoms. The molecule has 2 aliphatic heterocycles. The predicted octanol–water partition coefficient (Wildman–Crippen LogP) is 5.52. The van der Waals surface area contributed by atoms with E-state index in [9.17, 15) is 40.3 Å². The first-order valence-corrected chi connectivity index (χ1v) is 12.1. The molecular weight excluding hydrogens is 535 g/mol. The molecule has 0 N–H and O–H groups in total. The summed E-state index contributed by atoms with van der Waals surface area (Å²) in [6.07, 6.45) is -9.53. The van der Waals surface area contributed by atoms with Crippen molar-refractivity contribution in [1.82, 2.24) is 9.80 Å². The van der Waals surface area contributed by atoms with Crippen LogP contribution < -0.4 is 4.90 Å². The number of amides is 3. The molecule has 2 aliphatic rings. The quantitative estimate of drug-likeness (QED) is 0.462. The van der Waals surface area contributed by atoms with Gasteiger partial charge in [-0.2, -0.15) is 26.3 Å². The first-order chi connectivity index (χ1) is 18.2. The molecule has 2 fully saturated rings. The summed E-state index contributed by atoms with van der Waals surface area (Å²) >= 11 is 0. The van der Waals surface area contributed by atoms with Gasteiger partial charge in [-0.15, -0.1) is 0 Å². The molecule has 13 heteroatoms. The predicted molar refractivity (Wildman–Crippen MR) is 126 cm³/mol. The van der Waals surface area contributed by atoms with Gasteiger partial charge in [0.2, 0.25) is 0 Å². The van der Waals surface area contributed by atoms with Gasteiger partial charge in [0, 0.05) is 45.4 Å². The maximum atomic E-state index is 13.6. The van der Waals surface area contributed by atoms with E-state index >= 15 is 0 Å². The number of rotatable bonds is 4.